The van der Waals surface area contributed by atoms with Crippen LogP contribution in [-0.2, 0) is 26.0 Å². The molecule has 1 aliphatic rings. The summed E-state index contributed by atoms with van der Waals surface area (Å²) in [6.07, 6.45) is 1.47. The summed E-state index contributed by atoms with van der Waals surface area (Å²) < 4.78 is 24.5. The molecule has 1 N–H and O–H groups in total. The highest BCUT2D eigenvalue weighted by Gasteiger charge is 2.45. The number of nitrogens with zero attached hydrogens (tertiary/aromatic N) is 2. The number of hydrogen-bond donors (Lipinski definition) is 1. The van der Waals surface area contributed by atoms with Crippen LogP contribution in [0.2, 0.25) is 0 Å². The Kier molecular flexibility index (Phi) is 6.50. The van der Waals surface area contributed by atoms with Crippen molar-refractivity contribution in [2.45, 2.75) is 20.3 Å². The summed E-state index contributed by atoms with van der Waals surface area (Å²) in [5.74, 6) is -2.37. The highest BCUT2D eigenvalue weighted by atomic mass is 32.2. The van der Waals surface area contributed by atoms with Crippen LogP contribution in [-0.4, -0.2) is 67.7 Å². The second-order valence-electron chi connectivity index (χ2n) is 6.59. The number of hydrogen-bond acceptors (Lipinski definition) is 7. The van der Waals surface area contributed by atoms with Gasteiger partial charge in [0, 0.05) is 18.0 Å². The molecule has 4 amide bonds. The van der Waals surface area contributed by atoms with Gasteiger partial charge in [0.15, 0.2) is 5.78 Å². The van der Waals surface area contributed by atoms with Crippen LogP contribution in [0, 0.1) is 5.92 Å². The van der Waals surface area contributed by atoms with Crippen molar-refractivity contribution < 1.29 is 27.6 Å². The lowest BCUT2D eigenvalue weighted by molar-refractivity contribution is -0.143. The van der Waals surface area contributed by atoms with Gasteiger partial charge < -0.3 is 0 Å². The van der Waals surface area contributed by atoms with Gasteiger partial charge in [0.1, 0.15) is 0 Å². The lowest BCUT2D eigenvalue weighted by atomic mass is 10.2. The van der Waals surface area contributed by atoms with Crippen LogP contribution in [0.4, 0.5) is 4.79 Å². The first-order valence-electron chi connectivity index (χ1n) is 8.23. The summed E-state index contributed by atoms with van der Waals surface area (Å²) >= 11 is 1.16. The van der Waals surface area contributed by atoms with Gasteiger partial charge in [-0.15, -0.1) is 11.3 Å². The fourth-order valence-electron chi connectivity index (χ4n) is 2.46. The van der Waals surface area contributed by atoms with Gasteiger partial charge in [-0.1, -0.05) is 13.8 Å². The summed E-state index contributed by atoms with van der Waals surface area (Å²) in [5.41, 5.74) is 0. The van der Waals surface area contributed by atoms with E-state index in [4.69, 9.17) is 0 Å². The molecule has 0 aliphatic carbocycles. The average molecular weight is 415 g/mol. The molecule has 1 aromatic heterocycles. The normalized spacial score (nSPS) is 15.3. The maximum atomic E-state index is 12.4. The van der Waals surface area contributed by atoms with Gasteiger partial charge in [-0.2, -0.15) is 0 Å². The van der Waals surface area contributed by atoms with E-state index < -0.39 is 40.2 Å². The van der Waals surface area contributed by atoms with Gasteiger partial charge in [0.05, 0.1) is 17.7 Å². The van der Waals surface area contributed by atoms with Crippen LogP contribution in [0.1, 0.15) is 28.4 Å². The van der Waals surface area contributed by atoms with Gasteiger partial charge in [0.25, 0.3) is 0 Å². The molecular formula is C16H21N3O6S2. The molecule has 1 fully saturated rings. The summed E-state index contributed by atoms with van der Waals surface area (Å²) in [7, 11) is -3.28. The van der Waals surface area contributed by atoms with Crippen molar-refractivity contribution >= 4 is 45.0 Å². The van der Waals surface area contributed by atoms with Gasteiger partial charge in [-0.3, -0.25) is 19.3 Å². The number of carbonyl (C=O) groups is 4. The van der Waals surface area contributed by atoms with E-state index in [0.717, 1.165) is 27.4 Å². The highest BCUT2D eigenvalue weighted by molar-refractivity contribution is 7.88. The summed E-state index contributed by atoms with van der Waals surface area (Å²) in [6.45, 7) is 3.44. The number of thiophene rings is 1. The second kappa shape index (κ2) is 8.28. The number of rotatable bonds is 9. The first-order valence-corrected chi connectivity index (χ1v) is 10.9. The van der Waals surface area contributed by atoms with Crippen LogP contribution in [0.25, 0.3) is 0 Å². The fraction of sp³-hybridized carbons (Fsp3) is 0.500. The maximum absolute atomic E-state index is 12.4. The van der Waals surface area contributed by atoms with E-state index in [2.05, 4.69) is 4.72 Å². The van der Waals surface area contributed by atoms with E-state index in [1.165, 1.54) is 0 Å². The number of Topliss-reactive ketones (excluding diaryl/α,β-unsaturated/α-hetero) is 1. The van der Waals surface area contributed by atoms with E-state index in [0.29, 0.717) is 16.2 Å². The van der Waals surface area contributed by atoms with E-state index in [-0.39, 0.29) is 19.0 Å². The fourth-order valence-corrected chi connectivity index (χ4v) is 3.87. The molecule has 0 saturated carbocycles. The predicted octanol–water partition coefficient (Wildman–Crippen LogP) is 0.469. The van der Waals surface area contributed by atoms with Crippen molar-refractivity contribution in [3.8, 4) is 0 Å². The van der Waals surface area contributed by atoms with E-state index >= 15 is 0 Å². The van der Waals surface area contributed by atoms with Crippen molar-refractivity contribution in [2.24, 2.45) is 5.92 Å². The summed E-state index contributed by atoms with van der Waals surface area (Å²) in [4.78, 5) is 51.2. The Labute approximate surface area is 161 Å². The minimum Gasteiger partial charge on any atom is -0.291 e. The van der Waals surface area contributed by atoms with E-state index in [1.54, 1.807) is 12.1 Å². The molecular weight excluding hydrogens is 394 g/mol. The Morgan fingerprint density at radius 2 is 1.78 bits per heavy atom. The van der Waals surface area contributed by atoms with E-state index in [9.17, 15) is 27.6 Å². The zero-order chi connectivity index (χ0) is 20.4. The van der Waals surface area contributed by atoms with E-state index in [1.807, 2.05) is 13.8 Å². The zero-order valence-electron chi connectivity index (χ0n) is 15.2. The standard InChI is InChI=1S/C16H21N3O6S2/c1-10(2)8-18-14(21)15(22)19(16(18)23)9-12(20)13-5-4-11(26-13)6-7-17-27(3,24)25/h4-5,10,17H,6-9H2,1-3H3. The number of ketones is 1. The highest BCUT2D eigenvalue weighted by Crippen LogP contribution is 2.20. The van der Waals surface area contributed by atoms with Gasteiger partial charge in [-0.05, 0) is 24.5 Å². The lowest BCUT2D eigenvalue weighted by Crippen LogP contribution is -2.38. The first-order chi connectivity index (χ1) is 12.5. The average Bonchev–Trinajstić information content (AvgIpc) is 3.09. The number of imide groups is 2. The van der Waals surface area contributed by atoms with Crippen molar-refractivity contribution in [3.05, 3.63) is 21.9 Å². The molecule has 1 saturated heterocycles. The summed E-state index contributed by atoms with van der Waals surface area (Å²) in [6, 6.07) is 2.47. The molecule has 148 valence electrons. The van der Waals surface area contributed by atoms with Crippen molar-refractivity contribution in [1.82, 2.24) is 14.5 Å². The smallest absolute Gasteiger partial charge is 0.291 e. The molecule has 0 atom stereocenters. The largest absolute Gasteiger partial charge is 0.334 e. The van der Waals surface area contributed by atoms with Crippen LogP contribution < -0.4 is 4.72 Å². The molecule has 0 unspecified atom stereocenters. The number of amides is 4. The third kappa shape index (κ3) is 5.44. The third-order valence-corrected chi connectivity index (χ3v) is 5.57. The van der Waals surface area contributed by atoms with Crippen molar-refractivity contribution in [1.29, 1.82) is 0 Å². The van der Waals surface area contributed by atoms with Crippen LogP contribution in [0.3, 0.4) is 0 Å². The Hall–Kier alpha value is -2.11. The van der Waals surface area contributed by atoms with Gasteiger partial charge in [0.2, 0.25) is 10.0 Å². The quantitative estimate of drug-likeness (QED) is 0.355. The molecule has 2 heterocycles. The number of sulfonamides is 1. The van der Waals surface area contributed by atoms with Crippen LogP contribution in [0.15, 0.2) is 12.1 Å². The molecule has 1 aromatic rings. The minimum absolute atomic E-state index is 0.00162. The molecule has 0 radical (unpaired) electrons. The van der Waals surface area contributed by atoms with Crippen LogP contribution >= 0.6 is 11.3 Å². The monoisotopic (exact) mass is 415 g/mol. The van der Waals surface area contributed by atoms with Gasteiger partial charge in [-0.25, -0.2) is 22.8 Å². The van der Waals surface area contributed by atoms with Gasteiger partial charge >= 0.3 is 17.8 Å². The zero-order valence-corrected chi connectivity index (χ0v) is 16.9. The second-order valence-corrected chi connectivity index (χ2v) is 9.59. The maximum Gasteiger partial charge on any atom is 0.334 e. The third-order valence-electron chi connectivity index (χ3n) is 3.66. The predicted molar refractivity (Wildman–Crippen MR) is 98.9 cm³/mol. The number of nitrogens with one attached hydrogen (secondary N) is 1. The minimum atomic E-state index is -3.28. The summed E-state index contributed by atoms with van der Waals surface area (Å²) in [5, 5.41) is 0. The number of urea groups is 1. The Morgan fingerprint density at radius 1 is 1.15 bits per heavy atom. The molecule has 11 heteroatoms. The molecule has 0 bridgehead atoms. The first kappa shape index (κ1) is 21.2. The Morgan fingerprint density at radius 3 is 2.37 bits per heavy atom. The number of carbonyl (C=O) groups excluding carboxylic acids is 4. The molecule has 1 aliphatic heterocycles. The molecule has 9 nitrogen and oxygen atoms in total. The molecule has 0 spiro atoms. The molecule has 2 rings (SSSR count). The SMILES string of the molecule is CC(C)CN1C(=O)C(=O)N(CC(=O)c2ccc(CCNS(C)(=O)=O)s2)C1=O. The lowest BCUT2D eigenvalue weighted by Gasteiger charge is -2.16. The Balaban J connectivity index is 2.00. The van der Waals surface area contributed by atoms with Crippen LogP contribution in [0.5, 0.6) is 0 Å². The Bertz CT molecular complexity index is 874. The van der Waals surface area contributed by atoms with Crippen molar-refractivity contribution in [2.75, 3.05) is 25.9 Å². The topological polar surface area (TPSA) is 121 Å². The molecule has 27 heavy (non-hydrogen) atoms. The van der Waals surface area contributed by atoms with Crippen molar-refractivity contribution in [3.63, 3.8) is 0 Å². The molecule has 0 aromatic carbocycles.